The molecule has 4 aromatic rings. The van der Waals surface area contributed by atoms with E-state index in [1.165, 1.54) is 0 Å². The highest BCUT2D eigenvalue weighted by Gasteiger charge is 2.54. The second-order valence-corrected chi connectivity index (χ2v) is 12.4. The van der Waals surface area contributed by atoms with Crippen LogP contribution in [-0.2, 0) is 6.54 Å². The number of fused-ring (bicyclic) bond motifs is 4. The lowest BCUT2D eigenvalue weighted by atomic mass is 9.71. The Bertz CT molecular complexity index is 1720. The summed E-state index contributed by atoms with van der Waals surface area (Å²) in [4.78, 5) is 0. The fraction of sp³-hybridized carbons (Fsp3) is 0.359. The quantitative estimate of drug-likeness (QED) is 0.140. The molecule has 4 aromatic carbocycles. The smallest absolute Gasteiger partial charge is 0.131 e. The first-order valence-electron chi connectivity index (χ1n) is 16.1. The monoisotopic (exact) mass is 603 g/mol. The number of nitrogens with zero attached hydrogens (tertiary/aromatic N) is 2. The van der Waals surface area contributed by atoms with Crippen molar-refractivity contribution in [1.29, 1.82) is 5.26 Å². The molecule has 2 bridgehead atoms. The zero-order valence-corrected chi connectivity index (χ0v) is 26.5. The first-order valence-corrected chi connectivity index (χ1v) is 16.1. The summed E-state index contributed by atoms with van der Waals surface area (Å²) in [5.74, 6) is 3.04. The van der Waals surface area contributed by atoms with Gasteiger partial charge in [-0.05, 0) is 60.4 Å². The van der Waals surface area contributed by atoms with Gasteiger partial charge in [-0.3, -0.25) is 0 Å². The van der Waals surface area contributed by atoms with Gasteiger partial charge in [0, 0.05) is 29.9 Å². The van der Waals surface area contributed by atoms with Gasteiger partial charge in [0.15, 0.2) is 0 Å². The molecule has 0 saturated carbocycles. The van der Waals surface area contributed by atoms with Crippen LogP contribution in [0.1, 0.15) is 49.5 Å². The lowest BCUT2D eigenvalue weighted by Gasteiger charge is -2.58. The summed E-state index contributed by atoms with van der Waals surface area (Å²) in [5.41, 5.74) is 4.15. The Morgan fingerprint density at radius 2 is 1.76 bits per heavy atom. The highest BCUT2D eigenvalue weighted by Crippen LogP contribution is 2.49. The van der Waals surface area contributed by atoms with Gasteiger partial charge in [0.1, 0.15) is 42.0 Å². The minimum absolute atomic E-state index is 0.0263. The predicted octanol–water partition coefficient (Wildman–Crippen LogP) is 7.83. The molecule has 0 spiro atoms. The molecule has 0 aliphatic carbocycles. The number of benzene rings is 4. The summed E-state index contributed by atoms with van der Waals surface area (Å²) in [6.07, 6.45) is 3.41. The summed E-state index contributed by atoms with van der Waals surface area (Å²) >= 11 is 0. The van der Waals surface area contributed by atoms with Gasteiger partial charge >= 0.3 is 0 Å². The Labute approximate surface area is 266 Å². The Morgan fingerprint density at radius 1 is 1.02 bits per heavy atom. The summed E-state index contributed by atoms with van der Waals surface area (Å²) in [6, 6.07) is 26.7. The standard InChI is InChI=1S/C39H43N2O4/c1-5-26-24-41(20-19-28(26)21-35(41)39(42)32-14-8-11-27-17-18-30(43-4)22-33(27)32)25-29-12-9-13-31(34(29)23-40)38-36(44-6-2)15-10-16-37(38)45-7-3/h5,8-18,22,26,28,35,39,42H,1,6-7,19-21,24-25H2,2-4H3/q+1/t26?,28?,35?,39-,41?/m1/s1. The molecule has 3 aliphatic heterocycles. The third kappa shape index (κ3) is 5.56. The molecule has 45 heavy (non-hydrogen) atoms. The van der Waals surface area contributed by atoms with Gasteiger partial charge in [0.2, 0.25) is 0 Å². The van der Waals surface area contributed by atoms with E-state index in [4.69, 9.17) is 14.2 Å². The van der Waals surface area contributed by atoms with Crippen LogP contribution >= 0.6 is 0 Å². The first kappa shape index (κ1) is 30.7. The van der Waals surface area contributed by atoms with E-state index in [0.29, 0.717) is 53.1 Å². The average molecular weight is 604 g/mol. The van der Waals surface area contributed by atoms with Crippen molar-refractivity contribution in [2.24, 2.45) is 11.8 Å². The number of aliphatic hydroxyl groups is 1. The Hall–Kier alpha value is -4.31. The fourth-order valence-corrected chi connectivity index (χ4v) is 7.99. The molecule has 0 radical (unpaired) electrons. The molecule has 6 heteroatoms. The number of hydrogen-bond donors (Lipinski definition) is 1. The number of ether oxygens (including phenoxy) is 3. The van der Waals surface area contributed by atoms with Gasteiger partial charge in [-0.1, -0.05) is 54.6 Å². The number of hydrogen-bond acceptors (Lipinski definition) is 5. The van der Waals surface area contributed by atoms with Crippen LogP contribution in [-0.4, -0.2) is 49.0 Å². The second kappa shape index (κ2) is 13.0. The summed E-state index contributed by atoms with van der Waals surface area (Å²) in [5, 5.41) is 25.1. The summed E-state index contributed by atoms with van der Waals surface area (Å²) in [6.45, 7) is 11.6. The van der Waals surface area contributed by atoms with E-state index in [0.717, 1.165) is 64.7 Å². The third-order valence-corrected chi connectivity index (χ3v) is 10.1. The first-order chi connectivity index (χ1) is 22.0. The topological polar surface area (TPSA) is 71.7 Å². The van der Waals surface area contributed by atoms with E-state index in [-0.39, 0.29) is 6.04 Å². The SMILES string of the molecule is C=CC1C[N+]2(Cc3cccc(-c4c(OCC)cccc4OCC)c3C#N)CCC1CC2[C@H](O)c1cccc2ccc(OC)cc12. The van der Waals surface area contributed by atoms with Gasteiger partial charge in [0.25, 0.3) is 0 Å². The Balaban J connectivity index is 1.45. The second-order valence-electron chi connectivity index (χ2n) is 12.4. The third-order valence-electron chi connectivity index (χ3n) is 10.1. The molecule has 232 valence electrons. The largest absolute Gasteiger partial charge is 0.497 e. The van der Waals surface area contributed by atoms with Crippen molar-refractivity contribution in [1.82, 2.24) is 0 Å². The molecule has 5 atom stereocenters. The van der Waals surface area contributed by atoms with Crippen molar-refractivity contribution in [3.8, 4) is 34.4 Å². The van der Waals surface area contributed by atoms with E-state index in [9.17, 15) is 10.4 Å². The number of aliphatic hydroxyl groups excluding tert-OH is 1. The molecule has 0 aromatic heterocycles. The van der Waals surface area contributed by atoms with Crippen LogP contribution in [0.3, 0.4) is 0 Å². The van der Waals surface area contributed by atoms with Crippen LogP contribution in [0.4, 0.5) is 0 Å². The van der Waals surface area contributed by atoms with Crippen LogP contribution in [0.5, 0.6) is 17.2 Å². The minimum atomic E-state index is -0.675. The molecule has 3 heterocycles. The maximum absolute atomic E-state index is 12.3. The van der Waals surface area contributed by atoms with Crippen LogP contribution in [0.25, 0.3) is 21.9 Å². The van der Waals surface area contributed by atoms with Gasteiger partial charge in [-0.15, -0.1) is 6.58 Å². The van der Waals surface area contributed by atoms with Crippen LogP contribution < -0.4 is 14.2 Å². The van der Waals surface area contributed by atoms with Gasteiger partial charge in [0.05, 0.1) is 44.5 Å². The molecule has 4 unspecified atom stereocenters. The molecular weight excluding hydrogens is 560 g/mol. The van der Waals surface area contributed by atoms with Crippen molar-refractivity contribution in [3.63, 3.8) is 0 Å². The lowest BCUT2D eigenvalue weighted by Crippen LogP contribution is -2.67. The van der Waals surface area contributed by atoms with Gasteiger partial charge < -0.3 is 23.8 Å². The number of piperidine rings is 3. The molecule has 7 rings (SSSR count). The minimum Gasteiger partial charge on any atom is -0.497 e. The van der Waals surface area contributed by atoms with Crippen molar-refractivity contribution in [2.45, 2.75) is 45.4 Å². The van der Waals surface area contributed by atoms with Crippen molar-refractivity contribution in [2.75, 3.05) is 33.4 Å². The van der Waals surface area contributed by atoms with E-state index < -0.39 is 6.10 Å². The Morgan fingerprint density at radius 3 is 2.44 bits per heavy atom. The summed E-state index contributed by atoms with van der Waals surface area (Å²) < 4.78 is 18.4. The van der Waals surface area contributed by atoms with Crippen LogP contribution in [0.2, 0.25) is 0 Å². The van der Waals surface area contributed by atoms with Crippen LogP contribution in [0, 0.1) is 23.2 Å². The number of rotatable bonds is 11. The van der Waals surface area contributed by atoms with Gasteiger partial charge in [-0.2, -0.15) is 5.26 Å². The summed E-state index contributed by atoms with van der Waals surface area (Å²) in [7, 11) is 1.67. The molecule has 0 amide bonds. The zero-order chi connectivity index (χ0) is 31.6. The molecular formula is C39H43N2O4+. The maximum atomic E-state index is 12.3. The zero-order valence-electron chi connectivity index (χ0n) is 26.5. The molecule has 1 N–H and O–H groups in total. The molecule has 6 nitrogen and oxygen atoms in total. The molecule has 3 aliphatic rings. The van der Waals surface area contributed by atoms with E-state index >= 15 is 0 Å². The number of nitriles is 1. The van der Waals surface area contributed by atoms with Crippen LogP contribution in [0.15, 0.2) is 85.5 Å². The number of quaternary nitrogens is 1. The van der Waals surface area contributed by atoms with Crippen molar-refractivity contribution >= 4 is 10.8 Å². The van der Waals surface area contributed by atoms with Gasteiger partial charge in [-0.25, -0.2) is 0 Å². The molecule has 3 saturated heterocycles. The lowest BCUT2D eigenvalue weighted by molar-refractivity contribution is -0.984. The Kier molecular flexibility index (Phi) is 8.85. The predicted molar refractivity (Wildman–Crippen MR) is 178 cm³/mol. The number of methoxy groups -OCH3 is 1. The maximum Gasteiger partial charge on any atom is 0.131 e. The highest BCUT2D eigenvalue weighted by atomic mass is 16.5. The molecule has 3 fully saturated rings. The van der Waals surface area contributed by atoms with Crippen molar-refractivity contribution in [3.05, 3.63) is 102 Å². The van der Waals surface area contributed by atoms with Crippen molar-refractivity contribution < 1.29 is 23.8 Å². The van der Waals surface area contributed by atoms with E-state index in [1.54, 1.807) is 7.11 Å². The van der Waals surface area contributed by atoms with E-state index in [1.807, 2.05) is 62.4 Å². The fourth-order valence-electron chi connectivity index (χ4n) is 7.99. The normalized spacial score (nSPS) is 22.9. The van der Waals surface area contributed by atoms with E-state index in [2.05, 4.69) is 43.0 Å². The highest BCUT2D eigenvalue weighted by molar-refractivity contribution is 5.87. The average Bonchev–Trinajstić information content (AvgIpc) is 3.07.